The number of aliphatic hydroxyl groups is 1. The van der Waals surface area contributed by atoms with E-state index in [4.69, 9.17) is 22.4 Å². The van der Waals surface area contributed by atoms with E-state index in [1.165, 1.54) is 6.07 Å². The van der Waals surface area contributed by atoms with E-state index in [2.05, 4.69) is 16.8 Å². The lowest BCUT2D eigenvalue weighted by molar-refractivity contribution is 0.223. The molecule has 5 nitrogen and oxygen atoms in total. The fourth-order valence-electron chi connectivity index (χ4n) is 1.63. The molecule has 1 rings (SSSR count). The molecule has 0 aromatic heterocycles. The second-order valence-corrected chi connectivity index (χ2v) is 4.34. The molecule has 0 aliphatic heterocycles. The van der Waals surface area contributed by atoms with Crippen molar-refractivity contribution in [1.29, 1.82) is 0 Å². The number of halogens is 4. The average molecular weight is 323 g/mol. The van der Waals surface area contributed by atoms with Crippen molar-refractivity contribution in [1.82, 2.24) is 0 Å². The molecule has 21 heavy (non-hydrogen) atoms. The number of amidine groups is 1. The molecule has 0 heterocycles. The van der Waals surface area contributed by atoms with Crippen molar-refractivity contribution in [3.63, 3.8) is 0 Å². The molecule has 0 radical (unpaired) electrons. The third kappa shape index (κ3) is 3.72. The number of hydrogen-bond donors (Lipinski definition) is 2. The quantitative estimate of drug-likeness (QED) is 0.496. The smallest absolute Gasteiger partial charge is 0.296 e. The highest BCUT2D eigenvalue weighted by molar-refractivity contribution is 6.34. The zero-order valence-electron chi connectivity index (χ0n) is 11.1. The first kappa shape index (κ1) is 17.4. The number of nitrogens with two attached hydrogens (primary N) is 1. The Balaban J connectivity index is 3.45. The minimum atomic E-state index is -2.96. The first-order valence-corrected chi connectivity index (χ1v) is 6.12. The SMILES string of the molecule is C=NN(/C(=N\C)C(F)F)c1cc([C@H](N)CO)cc(F)c1Cl. The largest absolute Gasteiger partial charge is 0.394 e. The van der Waals surface area contributed by atoms with Crippen LogP contribution >= 0.6 is 11.6 Å². The number of nitrogens with zero attached hydrogens (tertiary/aromatic N) is 3. The standard InChI is InChI=1S/C12H14ClF3N4O/c1-18-12(11(15)16)20(19-2)9-4-6(8(17)5-21)3-7(14)10(9)13/h3-4,8,11,21H,2,5,17H2,1H3/b18-12-/t8-/m1/s1. The Kier molecular flexibility index (Phi) is 6.13. The number of hydrogen-bond acceptors (Lipinski definition) is 4. The first-order valence-electron chi connectivity index (χ1n) is 5.74. The van der Waals surface area contributed by atoms with Gasteiger partial charge in [-0.05, 0) is 17.7 Å². The van der Waals surface area contributed by atoms with E-state index in [0.29, 0.717) is 5.01 Å². The van der Waals surface area contributed by atoms with E-state index in [-0.39, 0.29) is 11.3 Å². The normalized spacial score (nSPS) is 13.4. The summed E-state index contributed by atoms with van der Waals surface area (Å²) in [7, 11) is 1.13. The fourth-order valence-corrected chi connectivity index (χ4v) is 1.81. The minimum Gasteiger partial charge on any atom is -0.394 e. The number of benzene rings is 1. The van der Waals surface area contributed by atoms with Gasteiger partial charge >= 0.3 is 0 Å². The maximum absolute atomic E-state index is 13.8. The summed E-state index contributed by atoms with van der Waals surface area (Å²) in [5.74, 6) is -1.63. The molecule has 3 N–H and O–H groups in total. The third-order valence-electron chi connectivity index (χ3n) is 2.67. The number of rotatable bonds is 5. The van der Waals surface area contributed by atoms with Crippen LogP contribution in [0.2, 0.25) is 5.02 Å². The van der Waals surface area contributed by atoms with Crippen LogP contribution in [-0.2, 0) is 0 Å². The highest BCUT2D eigenvalue weighted by Gasteiger charge is 2.25. The van der Waals surface area contributed by atoms with Crippen molar-refractivity contribution in [3.05, 3.63) is 28.5 Å². The van der Waals surface area contributed by atoms with E-state index in [9.17, 15) is 13.2 Å². The van der Waals surface area contributed by atoms with Gasteiger partial charge in [-0.15, -0.1) is 0 Å². The van der Waals surface area contributed by atoms with E-state index in [0.717, 1.165) is 13.1 Å². The van der Waals surface area contributed by atoms with Crippen molar-refractivity contribution in [2.24, 2.45) is 15.8 Å². The third-order valence-corrected chi connectivity index (χ3v) is 3.04. The first-order chi connectivity index (χ1) is 9.87. The van der Waals surface area contributed by atoms with E-state index in [1.54, 1.807) is 0 Å². The summed E-state index contributed by atoms with van der Waals surface area (Å²) in [5.41, 5.74) is 5.57. The highest BCUT2D eigenvalue weighted by atomic mass is 35.5. The Morgan fingerprint density at radius 3 is 2.57 bits per heavy atom. The van der Waals surface area contributed by atoms with Gasteiger partial charge in [0.05, 0.1) is 18.3 Å². The molecule has 0 saturated carbocycles. The Labute approximate surface area is 124 Å². The van der Waals surface area contributed by atoms with Crippen LogP contribution in [0.4, 0.5) is 18.9 Å². The number of aliphatic imine (C=N–C) groups is 1. The molecule has 0 fully saturated rings. The van der Waals surface area contributed by atoms with Gasteiger partial charge in [0.1, 0.15) is 10.8 Å². The molecule has 0 saturated heterocycles. The van der Waals surface area contributed by atoms with E-state index >= 15 is 0 Å². The number of anilines is 1. The topological polar surface area (TPSA) is 74.2 Å². The summed E-state index contributed by atoms with van der Waals surface area (Å²) in [6, 6.07) is 1.36. The molecule has 1 atom stereocenters. The lowest BCUT2D eigenvalue weighted by Gasteiger charge is -2.22. The van der Waals surface area contributed by atoms with Crippen molar-refractivity contribution < 1.29 is 18.3 Å². The predicted octanol–water partition coefficient (Wildman–Crippen LogP) is 2.19. The molecule has 0 spiro atoms. The van der Waals surface area contributed by atoms with Gasteiger partial charge in [-0.3, -0.25) is 4.99 Å². The van der Waals surface area contributed by atoms with Gasteiger partial charge in [0.25, 0.3) is 6.43 Å². The van der Waals surface area contributed by atoms with Gasteiger partial charge in [-0.1, -0.05) is 11.6 Å². The van der Waals surface area contributed by atoms with Crippen molar-refractivity contribution in [2.75, 3.05) is 18.7 Å². The second-order valence-electron chi connectivity index (χ2n) is 3.96. The molecule has 0 bridgehead atoms. The summed E-state index contributed by atoms with van der Waals surface area (Å²) in [6.07, 6.45) is -2.96. The minimum absolute atomic E-state index is 0.174. The number of aliphatic hydroxyl groups excluding tert-OH is 1. The summed E-state index contributed by atoms with van der Waals surface area (Å²) in [5, 5.41) is 12.6. The van der Waals surface area contributed by atoms with Crippen LogP contribution in [0.1, 0.15) is 11.6 Å². The van der Waals surface area contributed by atoms with E-state index < -0.39 is 35.7 Å². The predicted molar refractivity (Wildman–Crippen MR) is 76.8 cm³/mol. The summed E-state index contributed by atoms with van der Waals surface area (Å²) in [6.45, 7) is 2.70. The number of alkyl halides is 2. The van der Waals surface area contributed by atoms with Crippen LogP contribution in [0.3, 0.4) is 0 Å². The second kappa shape index (κ2) is 7.39. The van der Waals surface area contributed by atoms with Gasteiger partial charge in [-0.25, -0.2) is 18.2 Å². The Bertz CT molecular complexity index is 554. The van der Waals surface area contributed by atoms with Crippen LogP contribution in [0.5, 0.6) is 0 Å². The Morgan fingerprint density at radius 2 is 2.14 bits per heavy atom. The molecule has 9 heteroatoms. The molecule has 0 unspecified atom stereocenters. The molecule has 116 valence electrons. The average Bonchev–Trinajstić information content (AvgIpc) is 2.46. The van der Waals surface area contributed by atoms with Crippen LogP contribution in [0, 0.1) is 5.82 Å². The van der Waals surface area contributed by atoms with Gasteiger partial charge < -0.3 is 10.8 Å². The zero-order valence-corrected chi connectivity index (χ0v) is 11.9. The molecule has 0 aliphatic rings. The molecular formula is C12H14ClF3N4O. The van der Waals surface area contributed by atoms with E-state index in [1.807, 2.05) is 0 Å². The monoisotopic (exact) mass is 322 g/mol. The van der Waals surface area contributed by atoms with Crippen molar-refractivity contribution >= 4 is 29.8 Å². The Hall–Kier alpha value is -1.64. The number of hydrazone groups is 1. The van der Waals surface area contributed by atoms with Gasteiger partial charge in [-0.2, -0.15) is 5.10 Å². The van der Waals surface area contributed by atoms with Crippen LogP contribution in [0.25, 0.3) is 0 Å². The van der Waals surface area contributed by atoms with Crippen molar-refractivity contribution in [2.45, 2.75) is 12.5 Å². The summed E-state index contributed by atoms with van der Waals surface area (Å²) >= 11 is 5.78. The summed E-state index contributed by atoms with van der Waals surface area (Å²) in [4.78, 5) is 3.40. The van der Waals surface area contributed by atoms with Crippen LogP contribution in [-0.4, -0.2) is 37.7 Å². The van der Waals surface area contributed by atoms with Gasteiger partial charge in [0.2, 0.25) is 0 Å². The fraction of sp³-hybridized carbons (Fsp3) is 0.333. The van der Waals surface area contributed by atoms with Crippen molar-refractivity contribution in [3.8, 4) is 0 Å². The van der Waals surface area contributed by atoms with Crippen LogP contribution < -0.4 is 10.7 Å². The molecule has 0 amide bonds. The lowest BCUT2D eigenvalue weighted by Crippen LogP contribution is -2.32. The molecule has 1 aromatic carbocycles. The van der Waals surface area contributed by atoms with Gasteiger partial charge in [0.15, 0.2) is 5.84 Å². The highest BCUT2D eigenvalue weighted by Crippen LogP contribution is 2.33. The molecular weight excluding hydrogens is 309 g/mol. The van der Waals surface area contributed by atoms with Gasteiger partial charge in [0, 0.05) is 13.8 Å². The van der Waals surface area contributed by atoms with Crippen LogP contribution in [0.15, 0.2) is 22.2 Å². The maximum atomic E-state index is 13.8. The zero-order chi connectivity index (χ0) is 16.2. The lowest BCUT2D eigenvalue weighted by atomic mass is 10.1. The maximum Gasteiger partial charge on any atom is 0.296 e. The molecule has 0 aliphatic carbocycles. The molecule has 1 aromatic rings. The Morgan fingerprint density at radius 1 is 1.52 bits per heavy atom. The summed E-state index contributed by atoms with van der Waals surface area (Å²) < 4.78 is 39.7.